The van der Waals surface area contributed by atoms with E-state index < -0.39 is 24.5 Å². The molecule has 0 unspecified atom stereocenters. The van der Waals surface area contributed by atoms with Crippen LogP contribution in [0.25, 0.3) is 0 Å². The van der Waals surface area contributed by atoms with Gasteiger partial charge in [-0.05, 0) is 50.5 Å². The molecule has 0 heterocycles. The molecule has 0 saturated heterocycles. The number of carbonyl (C=O) groups excluding carboxylic acids is 3. The molecule has 1 aromatic rings. The number of allylic oxidation sites excluding steroid dienone is 1. The highest BCUT2D eigenvalue weighted by Gasteiger charge is 2.15. The Morgan fingerprint density at radius 3 is 2.73 bits per heavy atom. The van der Waals surface area contributed by atoms with Gasteiger partial charge in [-0.15, -0.1) is 11.8 Å². The number of imide groups is 1. The van der Waals surface area contributed by atoms with E-state index in [1.807, 2.05) is 12.3 Å². The first-order chi connectivity index (χ1) is 12.6. The fourth-order valence-electron chi connectivity index (χ4n) is 2.70. The normalized spacial score (nSPS) is 13.5. The summed E-state index contributed by atoms with van der Waals surface area (Å²) in [5, 5.41) is 4.81. The van der Waals surface area contributed by atoms with Crippen molar-refractivity contribution in [1.29, 1.82) is 0 Å². The Morgan fingerprint density at radius 1 is 1.19 bits per heavy atom. The standard InChI is InChI=1S/C19H24N2O4S/c1-26-16-10-6-5-9-15(16)18(23)25-13-17(22)21-19(24)20-12-11-14-7-3-2-4-8-14/h5-7,9-10H,2-4,8,11-13H2,1H3,(H2,20,21,22,24). The van der Waals surface area contributed by atoms with Gasteiger partial charge in [0.15, 0.2) is 6.61 Å². The van der Waals surface area contributed by atoms with Gasteiger partial charge in [-0.1, -0.05) is 23.8 Å². The van der Waals surface area contributed by atoms with Gasteiger partial charge in [0.25, 0.3) is 5.91 Å². The summed E-state index contributed by atoms with van der Waals surface area (Å²) in [6, 6.07) is 6.41. The van der Waals surface area contributed by atoms with Crippen LogP contribution in [0, 0.1) is 0 Å². The van der Waals surface area contributed by atoms with E-state index in [1.54, 1.807) is 18.2 Å². The highest BCUT2D eigenvalue weighted by Crippen LogP contribution is 2.20. The molecule has 3 amide bonds. The predicted octanol–water partition coefficient (Wildman–Crippen LogP) is 3.28. The van der Waals surface area contributed by atoms with Crippen LogP contribution in [0.2, 0.25) is 0 Å². The number of nitrogens with one attached hydrogen (secondary N) is 2. The Labute approximate surface area is 157 Å². The molecule has 0 aromatic heterocycles. The van der Waals surface area contributed by atoms with Gasteiger partial charge in [0.1, 0.15) is 0 Å². The molecule has 1 aliphatic rings. The van der Waals surface area contributed by atoms with Gasteiger partial charge in [0.2, 0.25) is 0 Å². The number of amides is 3. The van der Waals surface area contributed by atoms with Crippen LogP contribution in [0.15, 0.2) is 40.8 Å². The minimum atomic E-state index is -0.658. The van der Waals surface area contributed by atoms with E-state index in [0.717, 1.165) is 24.2 Å². The zero-order valence-electron chi connectivity index (χ0n) is 14.9. The van der Waals surface area contributed by atoms with E-state index in [4.69, 9.17) is 4.74 Å². The van der Waals surface area contributed by atoms with Gasteiger partial charge in [-0.25, -0.2) is 9.59 Å². The molecule has 1 aromatic carbocycles. The Bertz CT molecular complexity index is 688. The third kappa shape index (κ3) is 6.55. The fourth-order valence-corrected chi connectivity index (χ4v) is 3.28. The number of ether oxygens (including phenoxy) is 1. The van der Waals surface area contributed by atoms with Crippen molar-refractivity contribution >= 4 is 29.7 Å². The van der Waals surface area contributed by atoms with Gasteiger partial charge in [0, 0.05) is 11.4 Å². The molecule has 0 spiro atoms. The lowest BCUT2D eigenvalue weighted by molar-refractivity contribution is -0.123. The van der Waals surface area contributed by atoms with Crippen LogP contribution in [0.1, 0.15) is 42.5 Å². The summed E-state index contributed by atoms with van der Waals surface area (Å²) in [6.07, 6.45) is 9.48. The first-order valence-electron chi connectivity index (χ1n) is 8.66. The molecular weight excluding hydrogens is 352 g/mol. The molecule has 7 heteroatoms. The first kappa shape index (κ1) is 20.0. The molecule has 0 fully saturated rings. The third-order valence-electron chi connectivity index (χ3n) is 4.03. The fraction of sp³-hybridized carbons (Fsp3) is 0.421. The zero-order valence-corrected chi connectivity index (χ0v) is 15.7. The second-order valence-corrected chi connectivity index (χ2v) is 6.79. The van der Waals surface area contributed by atoms with E-state index in [1.165, 1.54) is 30.2 Å². The average Bonchev–Trinajstić information content (AvgIpc) is 2.67. The number of esters is 1. The van der Waals surface area contributed by atoms with Crippen molar-refractivity contribution in [1.82, 2.24) is 10.6 Å². The minimum Gasteiger partial charge on any atom is -0.452 e. The van der Waals surface area contributed by atoms with Crippen molar-refractivity contribution in [2.24, 2.45) is 0 Å². The summed E-state index contributed by atoms with van der Waals surface area (Å²) >= 11 is 1.42. The number of carbonyl (C=O) groups is 3. The monoisotopic (exact) mass is 376 g/mol. The summed E-state index contributed by atoms with van der Waals surface area (Å²) in [5.41, 5.74) is 1.75. The third-order valence-corrected chi connectivity index (χ3v) is 4.83. The molecule has 0 aliphatic heterocycles. The highest BCUT2D eigenvalue weighted by atomic mass is 32.2. The summed E-state index contributed by atoms with van der Waals surface area (Å²) in [5.74, 6) is -1.25. The second kappa shape index (κ2) is 10.7. The van der Waals surface area contributed by atoms with Gasteiger partial charge in [0.05, 0.1) is 5.56 Å². The van der Waals surface area contributed by atoms with Gasteiger partial charge >= 0.3 is 12.0 Å². The summed E-state index contributed by atoms with van der Waals surface area (Å²) in [4.78, 5) is 36.3. The first-order valence-corrected chi connectivity index (χ1v) is 9.88. The van der Waals surface area contributed by atoms with Crippen LogP contribution in [0.5, 0.6) is 0 Å². The smallest absolute Gasteiger partial charge is 0.339 e. The molecule has 6 nitrogen and oxygen atoms in total. The molecular formula is C19H24N2O4S. The lowest BCUT2D eigenvalue weighted by Gasteiger charge is -2.13. The van der Waals surface area contributed by atoms with Crippen molar-refractivity contribution in [2.45, 2.75) is 37.0 Å². The van der Waals surface area contributed by atoms with Gasteiger partial charge in [-0.2, -0.15) is 0 Å². The van der Waals surface area contributed by atoms with Crippen LogP contribution in [-0.2, 0) is 9.53 Å². The number of hydrogen-bond donors (Lipinski definition) is 2. The summed E-state index contributed by atoms with van der Waals surface area (Å²) in [6.45, 7) is -0.0219. The Balaban J connectivity index is 1.68. The van der Waals surface area contributed by atoms with E-state index in [0.29, 0.717) is 12.1 Å². The van der Waals surface area contributed by atoms with Crippen molar-refractivity contribution < 1.29 is 19.1 Å². The van der Waals surface area contributed by atoms with Crippen LogP contribution in [0.3, 0.4) is 0 Å². The predicted molar refractivity (Wildman–Crippen MR) is 101 cm³/mol. The molecule has 0 radical (unpaired) electrons. The SMILES string of the molecule is CSc1ccccc1C(=O)OCC(=O)NC(=O)NCCC1=CCCCC1. The molecule has 2 N–H and O–H groups in total. The van der Waals surface area contributed by atoms with E-state index in [9.17, 15) is 14.4 Å². The second-order valence-electron chi connectivity index (χ2n) is 5.94. The van der Waals surface area contributed by atoms with Crippen LogP contribution in [-0.4, -0.2) is 37.3 Å². The van der Waals surface area contributed by atoms with Crippen LogP contribution in [0.4, 0.5) is 4.79 Å². The van der Waals surface area contributed by atoms with Crippen LogP contribution >= 0.6 is 11.8 Å². The van der Waals surface area contributed by atoms with Gasteiger partial charge in [-0.3, -0.25) is 10.1 Å². The van der Waals surface area contributed by atoms with E-state index in [-0.39, 0.29) is 0 Å². The van der Waals surface area contributed by atoms with Crippen molar-refractivity contribution in [3.63, 3.8) is 0 Å². The Kier molecular flexibility index (Phi) is 8.21. The molecule has 1 aliphatic carbocycles. The maximum Gasteiger partial charge on any atom is 0.339 e. The molecule has 2 rings (SSSR count). The summed E-state index contributed by atoms with van der Waals surface area (Å²) < 4.78 is 4.98. The quantitative estimate of drug-likeness (QED) is 0.433. The van der Waals surface area contributed by atoms with Crippen molar-refractivity contribution in [3.05, 3.63) is 41.5 Å². The van der Waals surface area contributed by atoms with Crippen LogP contribution < -0.4 is 10.6 Å². The van der Waals surface area contributed by atoms with Crippen molar-refractivity contribution in [2.75, 3.05) is 19.4 Å². The molecule has 0 atom stereocenters. The number of rotatable bonds is 7. The molecule has 140 valence electrons. The van der Waals surface area contributed by atoms with E-state index in [2.05, 4.69) is 16.7 Å². The average molecular weight is 376 g/mol. The van der Waals surface area contributed by atoms with Crippen molar-refractivity contribution in [3.8, 4) is 0 Å². The molecule has 0 saturated carbocycles. The zero-order chi connectivity index (χ0) is 18.8. The minimum absolute atomic E-state index is 0.401. The summed E-state index contributed by atoms with van der Waals surface area (Å²) in [7, 11) is 0. The maximum atomic E-state index is 12.0. The largest absolute Gasteiger partial charge is 0.452 e. The number of benzene rings is 1. The highest BCUT2D eigenvalue weighted by molar-refractivity contribution is 7.98. The number of thioether (sulfide) groups is 1. The Morgan fingerprint density at radius 2 is 2.00 bits per heavy atom. The topological polar surface area (TPSA) is 84.5 Å². The maximum absolute atomic E-state index is 12.0. The molecule has 0 bridgehead atoms. The number of urea groups is 1. The lowest BCUT2D eigenvalue weighted by atomic mass is 9.97. The van der Waals surface area contributed by atoms with E-state index >= 15 is 0 Å². The Hall–Kier alpha value is -2.28. The van der Waals surface area contributed by atoms with Gasteiger partial charge < -0.3 is 10.1 Å². The lowest BCUT2D eigenvalue weighted by Crippen LogP contribution is -2.41. The molecule has 26 heavy (non-hydrogen) atoms. The number of hydrogen-bond acceptors (Lipinski definition) is 5.